The second-order valence-corrected chi connectivity index (χ2v) is 8.05. The zero-order valence-corrected chi connectivity index (χ0v) is 14.8. The van der Waals surface area contributed by atoms with Gasteiger partial charge in [0, 0.05) is 35.0 Å². The van der Waals surface area contributed by atoms with E-state index in [0.29, 0.717) is 36.5 Å². The van der Waals surface area contributed by atoms with E-state index < -0.39 is 16.8 Å². The van der Waals surface area contributed by atoms with Crippen LogP contribution in [0.1, 0.15) is 37.0 Å². The van der Waals surface area contributed by atoms with Crippen LogP contribution in [-0.4, -0.2) is 57.1 Å². The van der Waals surface area contributed by atoms with Crippen molar-refractivity contribution in [3.63, 3.8) is 0 Å². The molecule has 6 nitrogen and oxygen atoms in total. The quantitative estimate of drug-likeness (QED) is 0.844. The first-order chi connectivity index (χ1) is 11.4. The molecule has 132 valence electrons. The van der Waals surface area contributed by atoms with Gasteiger partial charge in [0.25, 0.3) is 5.91 Å². The number of hydrogen-bond donors (Lipinski definition) is 1. The number of benzene rings is 1. The molecule has 7 heteroatoms. The molecule has 1 atom stereocenters. The number of rotatable bonds is 6. The number of ether oxygens (including phenoxy) is 1. The molecule has 1 amide bonds. The van der Waals surface area contributed by atoms with Crippen LogP contribution in [0.4, 0.5) is 0 Å². The van der Waals surface area contributed by atoms with Gasteiger partial charge >= 0.3 is 5.97 Å². The number of nitrogens with zero attached hydrogens (tertiary/aromatic N) is 1. The summed E-state index contributed by atoms with van der Waals surface area (Å²) in [6.45, 7) is 4.47. The van der Waals surface area contributed by atoms with Crippen molar-refractivity contribution in [1.82, 2.24) is 4.90 Å². The van der Waals surface area contributed by atoms with Crippen LogP contribution in [-0.2, 0) is 20.3 Å². The lowest BCUT2D eigenvalue weighted by atomic mass is 10.1. The predicted octanol–water partition coefficient (Wildman–Crippen LogP) is 1.91. The third-order valence-corrected chi connectivity index (χ3v) is 5.55. The van der Waals surface area contributed by atoms with Crippen molar-refractivity contribution in [2.75, 3.05) is 19.8 Å². The molecule has 2 rings (SSSR count). The Hall–Kier alpha value is -1.73. The Bertz CT molecular complexity index is 608. The highest BCUT2D eigenvalue weighted by molar-refractivity contribution is 7.85. The van der Waals surface area contributed by atoms with Crippen LogP contribution in [0.25, 0.3) is 0 Å². The molecule has 1 saturated heterocycles. The molecule has 0 aromatic heterocycles. The van der Waals surface area contributed by atoms with E-state index in [9.17, 15) is 13.8 Å². The molecule has 0 radical (unpaired) electrons. The monoisotopic (exact) mass is 353 g/mol. The fourth-order valence-corrected chi connectivity index (χ4v) is 3.63. The summed E-state index contributed by atoms with van der Waals surface area (Å²) in [6, 6.07) is 6.45. The Morgan fingerprint density at radius 2 is 1.83 bits per heavy atom. The number of amides is 1. The van der Waals surface area contributed by atoms with E-state index in [1.54, 1.807) is 24.3 Å². The number of carbonyl (C=O) groups is 2. The predicted molar refractivity (Wildman–Crippen MR) is 90.5 cm³/mol. The lowest BCUT2D eigenvalue weighted by molar-refractivity contribution is -0.138. The maximum atomic E-state index is 12.7. The minimum Gasteiger partial charge on any atom is -0.480 e. The van der Waals surface area contributed by atoms with Gasteiger partial charge in [-0.2, -0.15) is 0 Å². The highest BCUT2D eigenvalue weighted by Crippen LogP contribution is 2.19. The first-order valence-corrected chi connectivity index (χ1v) is 9.22. The summed E-state index contributed by atoms with van der Waals surface area (Å²) in [5.41, 5.74) is 0.409. The number of carboxylic acid groups (broad SMARTS) is 1. The summed E-state index contributed by atoms with van der Waals surface area (Å²) in [4.78, 5) is 25.9. The normalized spacial score (nSPS) is 16.8. The highest BCUT2D eigenvalue weighted by Gasteiger charge is 2.28. The largest absolute Gasteiger partial charge is 0.480 e. The average Bonchev–Trinajstić information content (AvgIpc) is 2.59. The Morgan fingerprint density at radius 1 is 1.25 bits per heavy atom. The fraction of sp³-hybridized carbons (Fsp3) is 0.529. The second-order valence-electron chi connectivity index (χ2n) is 6.04. The SMILES string of the molecule is CC(C)[S@](=O)c1ccc(C(=O)N(CC(=O)O)C2CCOCC2)cc1. The summed E-state index contributed by atoms with van der Waals surface area (Å²) in [7, 11) is -1.12. The van der Waals surface area contributed by atoms with E-state index in [0.717, 1.165) is 0 Å². The molecular weight excluding hydrogens is 330 g/mol. The molecule has 0 aliphatic carbocycles. The van der Waals surface area contributed by atoms with Crippen LogP contribution < -0.4 is 0 Å². The minimum atomic E-state index is -1.12. The van der Waals surface area contributed by atoms with Gasteiger partial charge < -0.3 is 14.7 Å². The lowest BCUT2D eigenvalue weighted by Crippen LogP contribution is -2.46. The second kappa shape index (κ2) is 8.39. The van der Waals surface area contributed by atoms with Gasteiger partial charge in [-0.05, 0) is 37.1 Å². The van der Waals surface area contributed by atoms with Gasteiger partial charge in [0.05, 0.1) is 10.8 Å². The fourth-order valence-electron chi connectivity index (χ4n) is 2.68. The lowest BCUT2D eigenvalue weighted by Gasteiger charge is -2.33. The molecule has 1 N–H and O–H groups in total. The van der Waals surface area contributed by atoms with E-state index in [2.05, 4.69) is 0 Å². The summed E-state index contributed by atoms with van der Waals surface area (Å²) >= 11 is 0. The van der Waals surface area contributed by atoms with Gasteiger partial charge in [-0.3, -0.25) is 13.8 Å². The molecule has 24 heavy (non-hydrogen) atoms. The van der Waals surface area contributed by atoms with Gasteiger partial charge in [0.2, 0.25) is 0 Å². The Kier molecular flexibility index (Phi) is 6.51. The van der Waals surface area contributed by atoms with Gasteiger partial charge in [0.15, 0.2) is 0 Å². The maximum Gasteiger partial charge on any atom is 0.323 e. The Morgan fingerprint density at radius 3 is 2.33 bits per heavy atom. The number of carbonyl (C=O) groups excluding carboxylic acids is 1. The molecule has 1 aliphatic rings. The van der Waals surface area contributed by atoms with Gasteiger partial charge in [-0.15, -0.1) is 0 Å². The van der Waals surface area contributed by atoms with E-state index in [-0.39, 0.29) is 23.7 Å². The molecule has 1 heterocycles. The van der Waals surface area contributed by atoms with E-state index in [1.807, 2.05) is 13.8 Å². The molecule has 1 aromatic carbocycles. The topological polar surface area (TPSA) is 83.9 Å². The number of hydrogen-bond acceptors (Lipinski definition) is 4. The smallest absolute Gasteiger partial charge is 0.323 e. The van der Waals surface area contributed by atoms with Gasteiger partial charge in [-0.1, -0.05) is 13.8 Å². The van der Waals surface area contributed by atoms with Crippen molar-refractivity contribution >= 4 is 22.7 Å². The van der Waals surface area contributed by atoms with Gasteiger partial charge in [-0.25, -0.2) is 0 Å². The molecule has 0 unspecified atom stereocenters. The van der Waals surface area contributed by atoms with Crippen molar-refractivity contribution in [1.29, 1.82) is 0 Å². The van der Waals surface area contributed by atoms with Crippen molar-refractivity contribution < 1.29 is 23.6 Å². The molecular formula is C17H23NO5S. The molecule has 1 fully saturated rings. The summed E-state index contributed by atoms with van der Waals surface area (Å²) in [5, 5.41) is 9.12. The van der Waals surface area contributed by atoms with E-state index in [1.165, 1.54) is 4.90 Å². The minimum absolute atomic E-state index is 0.00250. The molecule has 0 bridgehead atoms. The van der Waals surface area contributed by atoms with E-state index in [4.69, 9.17) is 9.84 Å². The highest BCUT2D eigenvalue weighted by atomic mass is 32.2. The third kappa shape index (κ3) is 4.64. The zero-order valence-electron chi connectivity index (χ0n) is 13.9. The molecule has 0 spiro atoms. The van der Waals surface area contributed by atoms with Crippen LogP contribution in [0.3, 0.4) is 0 Å². The molecule has 0 saturated carbocycles. The van der Waals surface area contributed by atoms with Gasteiger partial charge in [0.1, 0.15) is 6.54 Å². The molecule has 1 aromatic rings. The standard InChI is InChI=1S/C17H23NO5S/c1-12(2)24(22)15-5-3-13(4-6-15)17(21)18(11-16(19)20)14-7-9-23-10-8-14/h3-6,12,14H,7-11H2,1-2H3,(H,19,20)/t24-/m0/s1. The third-order valence-electron chi connectivity index (χ3n) is 3.96. The van der Waals surface area contributed by atoms with Crippen LogP contribution in [0, 0.1) is 0 Å². The Balaban J connectivity index is 2.18. The van der Waals surface area contributed by atoms with Crippen LogP contribution in [0.5, 0.6) is 0 Å². The maximum absolute atomic E-state index is 12.7. The number of aliphatic carboxylic acids is 1. The van der Waals surface area contributed by atoms with Crippen LogP contribution >= 0.6 is 0 Å². The van der Waals surface area contributed by atoms with E-state index >= 15 is 0 Å². The van der Waals surface area contributed by atoms with Crippen molar-refractivity contribution in [2.45, 2.75) is 42.9 Å². The zero-order chi connectivity index (χ0) is 17.7. The van der Waals surface area contributed by atoms with Crippen molar-refractivity contribution in [3.8, 4) is 0 Å². The summed E-state index contributed by atoms with van der Waals surface area (Å²) in [5.74, 6) is -1.35. The van der Waals surface area contributed by atoms with Crippen molar-refractivity contribution in [3.05, 3.63) is 29.8 Å². The van der Waals surface area contributed by atoms with Crippen molar-refractivity contribution in [2.24, 2.45) is 0 Å². The molecule has 1 aliphatic heterocycles. The van der Waals surface area contributed by atoms with Crippen LogP contribution in [0.2, 0.25) is 0 Å². The summed E-state index contributed by atoms with van der Waals surface area (Å²) in [6.07, 6.45) is 1.27. The Labute approximate surface area is 144 Å². The summed E-state index contributed by atoms with van der Waals surface area (Å²) < 4.78 is 17.4. The van der Waals surface area contributed by atoms with Crippen LogP contribution in [0.15, 0.2) is 29.2 Å². The first kappa shape index (κ1) is 18.6. The number of carboxylic acids is 1. The first-order valence-electron chi connectivity index (χ1n) is 8.01. The average molecular weight is 353 g/mol.